The third-order valence-electron chi connectivity index (χ3n) is 1.46. The molecule has 0 aliphatic rings. The molecule has 3 N–H and O–H groups in total. The second-order valence-electron chi connectivity index (χ2n) is 2.67. The van der Waals surface area contributed by atoms with Gasteiger partial charge in [0.2, 0.25) is 15.0 Å². The molecule has 0 aromatic heterocycles. The highest BCUT2D eigenvalue weighted by Crippen LogP contribution is 2.10. The standard InChI is InChI=1S/C8H11N3O2S/c1-14(12,13)8(11-9)10-7-5-3-2-4-6-7/h2-6H,9H2,1H3,(H,10,11). The average molecular weight is 213 g/mol. The summed E-state index contributed by atoms with van der Waals surface area (Å²) in [6.45, 7) is 0. The van der Waals surface area contributed by atoms with Crippen LogP contribution in [0.4, 0.5) is 5.69 Å². The summed E-state index contributed by atoms with van der Waals surface area (Å²) in [5, 5.41) is -0.247. The van der Waals surface area contributed by atoms with E-state index in [4.69, 9.17) is 5.84 Å². The van der Waals surface area contributed by atoms with Gasteiger partial charge in [-0.15, -0.1) is 0 Å². The van der Waals surface area contributed by atoms with Gasteiger partial charge in [0.05, 0.1) is 5.69 Å². The molecule has 0 bridgehead atoms. The maximum absolute atomic E-state index is 11.1. The zero-order valence-corrected chi connectivity index (χ0v) is 8.45. The zero-order valence-electron chi connectivity index (χ0n) is 7.64. The first-order valence-corrected chi connectivity index (χ1v) is 5.73. The molecule has 0 spiro atoms. The molecule has 0 saturated carbocycles. The highest BCUT2D eigenvalue weighted by atomic mass is 32.2. The third kappa shape index (κ3) is 2.82. The molecular formula is C8H11N3O2S. The van der Waals surface area contributed by atoms with E-state index in [1.165, 1.54) is 0 Å². The van der Waals surface area contributed by atoms with E-state index in [9.17, 15) is 8.42 Å². The monoisotopic (exact) mass is 213 g/mol. The van der Waals surface area contributed by atoms with E-state index in [1.807, 2.05) is 6.07 Å². The fourth-order valence-electron chi connectivity index (χ4n) is 0.842. The van der Waals surface area contributed by atoms with Crippen molar-refractivity contribution in [1.82, 2.24) is 5.43 Å². The fourth-order valence-corrected chi connectivity index (χ4v) is 1.33. The summed E-state index contributed by atoms with van der Waals surface area (Å²) in [7, 11) is -3.40. The number of nitrogens with two attached hydrogens (primary N) is 1. The van der Waals surface area contributed by atoms with Gasteiger partial charge in [0.1, 0.15) is 0 Å². The summed E-state index contributed by atoms with van der Waals surface area (Å²) in [6.07, 6.45) is 1.04. The average Bonchev–Trinajstić information content (AvgIpc) is 2.14. The molecule has 1 aromatic rings. The van der Waals surface area contributed by atoms with Crippen molar-refractivity contribution in [2.45, 2.75) is 0 Å². The fraction of sp³-hybridized carbons (Fsp3) is 0.125. The molecule has 0 atom stereocenters. The van der Waals surface area contributed by atoms with Crippen LogP contribution in [0.1, 0.15) is 0 Å². The van der Waals surface area contributed by atoms with Gasteiger partial charge < -0.3 is 0 Å². The second kappa shape index (κ2) is 4.21. The van der Waals surface area contributed by atoms with Gasteiger partial charge in [-0.05, 0) is 12.1 Å². The van der Waals surface area contributed by atoms with Gasteiger partial charge in [-0.2, -0.15) is 0 Å². The van der Waals surface area contributed by atoms with E-state index < -0.39 is 9.84 Å². The van der Waals surface area contributed by atoms with Crippen LogP contribution in [-0.2, 0) is 9.84 Å². The first kappa shape index (κ1) is 10.7. The van der Waals surface area contributed by atoms with Gasteiger partial charge in [0.15, 0.2) is 0 Å². The number of para-hydroxylation sites is 1. The van der Waals surface area contributed by atoms with E-state index in [-0.39, 0.29) is 5.17 Å². The lowest BCUT2D eigenvalue weighted by molar-refractivity contribution is 0.611. The van der Waals surface area contributed by atoms with Crippen LogP contribution in [-0.4, -0.2) is 19.8 Å². The number of sulfone groups is 1. The van der Waals surface area contributed by atoms with Gasteiger partial charge in [0.25, 0.3) is 0 Å². The Morgan fingerprint density at radius 1 is 1.36 bits per heavy atom. The number of aliphatic imine (C=N–C) groups is 1. The van der Waals surface area contributed by atoms with Gasteiger partial charge in [-0.25, -0.2) is 19.3 Å². The van der Waals surface area contributed by atoms with E-state index in [0.717, 1.165) is 6.26 Å². The Balaban J connectivity index is 3.09. The number of nitrogens with zero attached hydrogens (tertiary/aromatic N) is 1. The van der Waals surface area contributed by atoms with E-state index in [1.54, 1.807) is 24.3 Å². The van der Waals surface area contributed by atoms with Crippen molar-refractivity contribution in [2.24, 2.45) is 10.8 Å². The molecule has 0 aliphatic heterocycles. The molecule has 1 aromatic carbocycles. The lowest BCUT2D eigenvalue weighted by Crippen LogP contribution is -2.35. The molecule has 0 aliphatic carbocycles. The van der Waals surface area contributed by atoms with Crippen LogP contribution in [0.2, 0.25) is 0 Å². The second-order valence-corrected chi connectivity index (χ2v) is 4.60. The normalized spacial score (nSPS) is 12.6. The Hall–Kier alpha value is -1.40. The van der Waals surface area contributed by atoms with Gasteiger partial charge >= 0.3 is 0 Å². The molecule has 0 unspecified atom stereocenters. The first-order valence-electron chi connectivity index (χ1n) is 3.84. The highest BCUT2D eigenvalue weighted by Gasteiger charge is 2.11. The largest absolute Gasteiger partial charge is 0.299 e. The molecule has 0 heterocycles. The molecule has 0 radical (unpaired) electrons. The maximum Gasteiger partial charge on any atom is 0.235 e. The van der Waals surface area contributed by atoms with Crippen LogP contribution in [0.5, 0.6) is 0 Å². The highest BCUT2D eigenvalue weighted by molar-refractivity contribution is 8.05. The van der Waals surface area contributed by atoms with Crippen LogP contribution in [0.25, 0.3) is 0 Å². The number of hydrogen-bond donors (Lipinski definition) is 2. The molecule has 5 nitrogen and oxygen atoms in total. The summed E-state index contributed by atoms with van der Waals surface area (Å²) in [4.78, 5) is 3.84. The number of benzene rings is 1. The molecule has 0 saturated heterocycles. The maximum atomic E-state index is 11.1. The van der Waals surface area contributed by atoms with Crippen LogP contribution >= 0.6 is 0 Å². The summed E-state index contributed by atoms with van der Waals surface area (Å²) >= 11 is 0. The molecular weight excluding hydrogens is 202 g/mol. The Bertz CT molecular complexity index is 425. The lowest BCUT2D eigenvalue weighted by atomic mass is 10.3. The molecule has 14 heavy (non-hydrogen) atoms. The predicted octanol–water partition coefficient (Wildman–Crippen LogP) is 0.182. The Morgan fingerprint density at radius 2 is 1.93 bits per heavy atom. The van der Waals surface area contributed by atoms with Crippen molar-refractivity contribution >= 4 is 20.7 Å². The molecule has 0 fully saturated rings. The minimum absolute atomic E-state index is 0.247. The quantitative estimate of drug-likeness (QED) is 0.302. The Morgan fingerprint density at radius 3 is 2.36 bits per heavy atom. The smallest absolute Gasteiger partial charge is 0.235 e. The SMILES string of the molecule is CS(=O)(=O)C(=Nc1ccccc1)NN. The van der Waals surface area contributed by atoms with Crippen molar-refractivity contribution in [2.75, 3.05) is 6.26 Å². The van der Waals surface area contributed by atoms with E-state index in [0.29, 0.717) is 5.69 Å². The van der Waals surface area contributed by atoms with Gasteiger partial charge in [-0.3, -0.25) is 5.43 Å². The van der Waals surface area contributed by atoms with Crippen LogP contribution in [0.15, 0.2) is 35.3 Å². The molecule has 76 valence electrons. The van der Waals surface area contributed by atoms with Crippen molar-refractivity contribution in [3.63, 3.8) is 0 Å². The third-order valence-corrected chi connectivity index (χ3v) is 2.37. The van der Waals surface area contributed by atoms with Crippen LogP contribution in [0, 0.1) is 0 Å². The summed E-state index contributed by atoms with van der Waals surface area (Å²) < 4.78 is 22.2. The number of hydrogen-bond acceptors (Lipinski definition) is 4. The summed E-state index contributed by atoms with van der Waals surface area (Å²) in [5.74, 6) is 5.05. The number of nitrogens with one attached hydrogen (secondary N) is 1. The van der Waals surface area contributed by atoms with Crippen molar-refractivity contribution in [3.8, 4) is 0 Å². The van der Waals surface area contributed by atoms with Crippen molar-refractivity contribution in [1.29, 1.82) is 0 Å². The van der Waals surface area contributed by atoms with E-state index >= 15 is 0 Å². The van der Waals surface area contributed by atoms with Crippen LogP contribution in [0.3, 0.4) is 0 Å². The molecule has 6 heteroatoms. The van der Waals surface area contributed by atoms with Gasteiger partial charge in [-0.1, -0.05) is 18.2 Å². The zero-order chi connectivity index (χ0) is 10.6. The van der Waals surface area contributed by atoms with E-state index in [2.05, 4.69) is 10.4 Å². The molecule has 0 amide bonds. The predicted molar refractivity (Wildman–Crippen MR) is 55.7 cm³/mol. The topological polar surface area (TPSA) is 84.5 Å². The Kier molecular flexibility index (Phi) is 3.21. The summed E-state index contributed by atoms with van der Waals surface area (Å²) in [6, 6.07) is 8.70. The number of hydrazine groups is 1. The number of amidine groups is 1. The first-order chi connectivity index (χ1) is 6.54. The van der Waals surface area contributed by atoms with Crippen molar-refractivity contribution in [3.05, 3.63) is 30.3 Å². The number of rotatable bonds is 1. The van der Waals surface area contributed by atoms with Crippen LogP contribution < -0.4 is 11.3 Å². The lowest BCUT2D eigenvalue weighted by Gasteiger charge is -2.01. The van der Waals surface area contributed by atoms with Gasteiger partial charge in [0, 0.05) is 6.26 Å². The Labute approximate surface area is 82.5 Å². The summed E-state index contributed by atoms with van der Waals surface area (Å²) in [5.41, 5.74) is 2.59. The molecule has 1 rings (SSSR count). The minimum Gasteiger partial charge on any atom is -0.299 e. The minimum atomic E-state index is -3.40. The van der Waals surface area contributed by atoms with Crippen molar-refractivity contribution < 1.29 is 8.42 Å².